The smallest absolute Gasteiger partial charge is 0.256 e. The predicted molar refractivity (Wildman–Crippen MR) is 97.1 cm³/mol. The Labute approximate surface area is 148 Å². The molecular formula is C19H25FN4O. The Hall–Kier alpha value is -2.50. The van der Waals surface area contributed by atoms with Crippen LogP contribution in [0, 0.1) is 5.82 Å². The van der Waals surface area contributed by atoms with Gasteiger partial charge in [0.2, 0.25) is 5.95 Å². The van der Waals surface area contributed by atoms with Gasteiger partial charge in [0.15, 0.2) is 0 Å². The number of carbonyl (C=O) groups excluding carboxylic acids is 1. The fourth-order valence-electron chi connectivity index (χ4n) is 2.58. The summed E-state index contributed by atoms with van der Waals surface area (Å²) >= 11 is 0. The van der Waals surface area contributed by atoms with Crippen molar-refractivity contribution in [3.8, 4) is 0 Å². The van der Waals surface area contributed by atoms with E-state index in [9.17, 15) is 9.18 Å². The molecule has 1 aromatic carbocycles. The molecule has 5 nitrogen and oxygen atoms in total. The molecule has 0 spiro atoms. The zero-order valence-electron chi connectivity index (χ0n) is 14.8. The highest BCUT2D eigenvalue weighted by Gasteiger charge is 2.15. The van der Waals surface area contributed by atoms with E-state index in [0.29, 0.717) is 30.0 Å². The summed E-state index contributed by atoms with van der Waals surface area (Å²) in [5, 5.41) is 3.05. The zero-order chi connectivity index (χ0) is 18.1. The first kappa shape index (κ1) is 18.8. The van der Waals surface area contributed by atoms with Gasteiger partial charge in [-0.25, -0.2) is 14.4 Å². The molecule has 0 saturated carbocycles. The minimum Gasteiger partial charge on any atom is -0.354 e. The van der Waals surface area contributed by atoms with Gasteiger partial charge in [-0.2, -0.15) is 0 Å². The summed E-state index contributed by atoms with van der Waals surface area (Å²) < 4.78 is 13.6. The van der Waals surface area contributed by atoms with E-state index in [0.717, 1.165) is 25.9 Å². The number of benzene rings is 1. The second-order valence-electron chi connectivity index (χ2n) is 5.86. The molecule has 0 aliphatic rings. The molecule has 1 heterocycles. The van der Waals surface area contributed by atoms with Crippen molar-refractivity contribution in [2.24, 2.45) is 0 Å². The second-order valence-corrected chi connectivity index (χ2v) is 5.86. The number of halogens is 1. The average Bonchev–Trinajstić information content (AvgIpc) is 2.63. The topological polar surface area (TPSA) is 58.1 Å². The molecule has 25 heavy (non-hydrogen) atoms. The summed E-state index contributed by atoms with van der Waals surface area (Å²) in [6.45, 7) is 6.08. The van der Waals surface area contributed by atoms with Crippen LogP contribution in [-0.2, 0) is 6.42 Å². The lowest BCUT2D eigenvalue weighted by Gasteiger charge is -2.21. The third kappa shape index (κ3) is 5.52. The van der Waals surface area contributed by atoms with Crippen molar-refractivity contribution < 1.29 is 9.18 Å². The number of amides is 1. The Morgan fingerprint density at radius 1 is 1.12 bits per heavy atom. The number of rotatable bonds is 9. The average molecular weight is 344 g/mol. The van der Waals surface area contributed by atoms with Crippen LogP contribution in [0.4, 0.5) is 10.3 Å². The number of carbonyl (C=O) groups is 1. The summed E-state index contributed by atoms with van der Waals surface area (Å²) in [6, 6.07) is 6.69. The van der Waals surface area contributed by atoms with Gasteiger partial charge in [0.25, 0.3) is 5.91 Å². The normalized spacial score (nSPS) is 10.5. The highest BCUT2D eigenvalue weighted by Crippen LogP contribution is 2.09. The van der Waals surface area contributed by atoms with E-state index in [4.69, 9.17) is 0 Å². The van der Waals surface area contributed by atoms with Gasteiger partial charge in [0.05, 0.1) is 5.56 Å². The van der Waals surface area contributed by atoms with Gasteiger partial charge in [-0.15, -0.1) is 0 Å². The van der Waals surface area contributed by atoms with Gasteiger partial charge in [-0.1, -0.05) is 32.0 Å². The third-order valence-electron chi connectivity index (χ3n) is 3.81. The number of anilines is 1. The van der Waals surface area contributed by atoms with E-state index < -0.39 is 0 Å². The fourth-order valence-corrected chi connectivity index (χ4v) is 2.58. The van der Waals surface area contributed by atoms with Crippen LogP contribution in [0.1, 0.15) is 42.6 Å². The molecule has 0 fully saturated rings. The first-order valence-corrected chi connectivity index (χ1v) is 8.74. The molecule has 134 valence electrons. The maximum absolute atomic E-state index is 13.6. The predicted octanol–water partition coefficient (Wildman–Crippen LogP) is 3.53. The molecule has 1 aromatic heterocycles. The van der Waals surface area contributed by atoms with Crippen LogP contribution in [0.3, 0.4) is 0 Å². The molecule has 0 aliphatic heterocycles. The van der Waals surface area contributed by atoms with Crippen molar-refractivity contribution in [1.82, 2.24) is 14.9 Å². The molecule has 1 amide bonds. The molecule has 0 unspecified atom stereocenters. The number of nitrogens with one attached hydrogen (secondary N) is 1. The lowest BCUT2D eigenvalue weighted by atomic mass is 10.1. The fraction of sp³-hybridized carbons (Fsp3) is 0.421. The van der Waals surface area contributed by atoms with Crippen LogP contribution in [0.2, 0.25) is 0 Å². The highest BCUT2D eigenvalue weighted by atomic mass is 19.1. The van der Waals surface area contributed by atoms with E-state index in [1.165, 1.54) is 6.07 Å². The summed E-state index contributed by atoms with van der Waals surface area (Å²) in [4.78, 5) is 22.7. The number of hydrogen-bond acceptors (Lipinski definition) is 4. The Balaban J connectivity index is 1.90. The standard InChI is InChI=1S/C19H25FN4O/c1-3-11-24(12-4-2)18(25)16-13-22-19(23-14-16)21-10-9-15-7-5-6-8-17(15)20/h5-8,13-14H,3-4,9-12H2,1-2H3,(H,21,22,23). The van der Waals surface area contributed by atoms with Gasteiger partial charge >= 0.3 is 0 Å². The van der Waals surface area contributed by atoms with Gasteiger partial charge in [-0.3, -0.25) is 4.79 Å². The minimum absolute atomic E-state index is 0.0402. The zero-order valence-corrected chi connectivity index (χ0v) is 14.8. The van der Waals surface area contributed by atoms with Crippen LogP contribution < -0.4 is 5.32 Å². The second kappa shape index (κ2) is 9.71. The van der Waals surface area contributed by atoms with Crippen molar-refractivity contribution in [1.29, 1.82) is 0 Å². The Kier molecular flexibility index (Phi) is 7.32. The van der Waals surface area contributed by atoms with E-state index in [1.807, 2.05) is 11.0 Å². The van der Waals surface area contributed by atoms with Crippen LogP contribution >= 0.6 is 0 Å². The summed E-state index contributed by atoms with van der Waals surface area (Å²) in [5.74, 6) is 0.185. The van der Waals surface area contributed by atoms with Gasteiger partial charge < -0.3 is 10.2 Å². The summed E-state index contributed by atoms with van der Waals surface area (Å²) in [7, 11) is 0. The van der Waals surface area contributed by atoms with Crippen LogP contribution in [0.15, 0.2) is 36.7 Å². The van der Waals surface area contributed by atoms with Crippen molar-refractivity contribution in [3.05, 3.63) is 53.6 Å². The van der Waals surface area contributed by atoms with E-state index >= 15 is 0 Å². The molecule has 0 bridgehead atoms. The van der Waals surface area contributed by atoms with E-state index in [-0.39, 0.29) is 11.7 Å². The number of nitrogens with zero attached hydrogens (tertiary/aromatic N) is 3. The monoisotopic (exact) mass is 344 g/mol. The minimum atomic E-state index is -0.210. The van der Waals surface area contributed by atoms with Crippen molar-refractivity contribution in [2.75, 3.05) is 25.0 Å². The first-order chi connectivity index (χ1) is 12.2. The summed E-state index contributed by atoms with van der Waals surface area (Å²) in [5.41, 5.74) is 1.14. The molecular weight excluding hydrogens is 319 g/mol. The van der Waals surface area contributed by atoms with Crippen LogP contribution in [0.25, 0.3) is 0 Å². The third-order valence-corrected chi connectivity index (χ3v) is 3.81. The molecule has 2 aromatic rings. The quantitative estimate of drug-likeness (QED) is 0.756. The van der Waals surface area contributed by atoms with E-state index in [1.54, 1.807) is 24.5 Å². The molecule has 0 saturated heterocycles. The van der Waals surface area contributed by atoms with Crippen LogP contribution in [-0.4, -0.2) is 40.4 Å². The van der Waals surface area contributed by atoms with Crippen molar-refractivity contribution >= 4 is 11.9 Å². The lowest BCUT2D eigenvalue weighted by molar-refractivity contribution is 0.0754. The van der Waals surface area contributed by atoms with Gasteiger partial charge in [0, 0.05) is 32.0 Å². The lowest BCUT2D eigenvalue weighted by Crippen LogP contribution is -2.32. The Morgan fingerprint density at radius 2 is 1.76 bits per heavy atom. The maximum Gasteiger partial charge on any atom is 0.256 e. The molecule has 1 N–H and O–H groups in total. The number of aromatic nitrogens is 2. The first-order valence-electron chi connectivity index (χ1n) is 8.74. The van der Waals surface area contributed by atoms with Gasteiger partial charge in [-0.05, 0) is 30.9 Å². The molecule has 0 radical (unpaired) electrons. The SMILES string of the molecule is CCCN(CCC)C(=O)c1cnc(NCCc2ccccc2F)nc1. The van der Waals surface area contributed by atoms with Crippen molar-refractivity contribution in [2.45, 2.75) is 33.1 Å². The largest absolute Gasteiger partial charge is 0.354 e. The van der Waals surface area contributed by atoms with Gasteiger partial charge in [0.1, 0.15) is 5.82 Å². The Bertz CT molecular complexity index is 669. The maximum atomic E-state index is 13.6. The van der Waals surface area contributed by atoms with E-state index in [2.05, 4.69) is 29.1 Å². The molecule has 6 heteroatoms. The highest BCUT2D eigenvalue weighted by molar-refractivity contribution is 5.93. The van der Waals surface area contributed by atoms with Crippen LogP contribution in [0.5, 0.6) is 0 Å². The Morgan fingerprint density at radius 3 is 2.36 bits per heavy atom. The number of hydrogen-bond donors (Lipinski definition) is 1. The summed E-state index contributed by atoms with van der Waals surface area (Å²) in [6.07, 6.45) is 5.46. The molecule has 0 aliphatic carbocycles. The molecule has 2 rings (SSSR count). The molecule has 0 atom stereocenters. The van der Waals surface area contributed by atoms with Crippen molar-refractivity contribution in [3.63, 3.8) is 0 Å².